The summed E-state index contributed by atoms with van der Waals surface area (Å²) < 4.78 is 27.6. The van der Waals surface area contributed by atoms with Gasteiger partial charge in [0.25, 0.3) is 0 Å². The lowest BCUT2D eigenvalue weighted by Crippen LogP contribution is -2.46. The number of likely N-dealkylation sites (N-methyl/N-ethyl adjacent to an activating group) is 1. The first kappa shape index (κ1) is 15.9. The molecule has 0 aliphatic carbocycles. The first-order valence-electron chi connectivity index (χ1n) is 6.64. The van der Waals surface area contributed by atoms with E-state index in [2.05, 4.69) is 37.5 Å². The molecule has 1 saturated heterocycles. The molecule has 0 amide bonds. The van der Waals surface area contributed by atoms with Gasteiger partial charge in [-0.25, -0.2) is 13.1 Å². The second-order valence-corrected chi connectivity index (χ2v) is 7.56. The van der Waals surface area contributed by atoms with Crippen LogP contribution in [0.4, 0.5) is 0 Å². The van der Waals surface area contributed by atoms with Crippen LogP contribution in [0.1, 0.15) is 0 Å². The van der Waals surface area contributed by atoms with E-state index in [0.717, 1.165) is 32.7 Å². The smallest absolute Gasteiger partial charge is 0.241 e. The van der Waals surface area contributed by atoms with Gasteiger partial charge >= 0.3 is 0 Å². The molecule has 1 N–H and O–H groups in total. The molecule has 1 heterocycles. The van der Waals surface area contributed by atoms with Crippen LogP contribution < -0.4 is 4.72 Å². The molecule has 112 valence electrons. The molecule has 0 spiro atoms. The van der Waals surface area contributed by atoms with Gasteiger partial charge < -0.3 is 4.90 Å². The second-order valence-electron chi connectivity index (χ2n) is 4.97. The predicted molar refractivity (Wildman–Crippen MR) is 83.3 cm³/mol. The summed E-state index contributed by atoms with van der Waals surface area (Å²) in [6.45, 7) is 5.25. The molecular weight excluding hydrogens is 342 g/mol. The molecule has 1 aromatic carbocycles. The van der Waals surface area contributed by atoms with Crippen LogP contribution in [-0.2, 0) is 10.0 Å². The third kappa shape index (κ3) is 4.26. The maximum Gasteiger partial charge on any atom is 0.241 e. The Bertz CT molecular complexity index is 542. The summed E-state index contributed by atoms with van der Waals surface area (Å²) in [5, 5.41) is 0. The van der Waals surface area contributed by atoms with Gasteiger partial charge in [-0.2, -0.15) is 0 Å². The summed E-state index contributed by atoms with van der Waals surface area (Å²) >= 11 is 3.27. The Balaban J connectivity index is 1.86. The number of hydrogen-bond donors (Lipinski definition) is 1. The van der Waals surface area contributed by atoms with Gasteiger partial charge in [0.05, 0.1) is 4.90 Å². The molecule has 0 unspecified atom stereocenters. The van der Waals surface area contributed by atoms with E-state index in [9.17, 15) is 8.42 Å². The zero-order chi connectivity index (χ0) is 14.6. The molecule has 0 radical (unpaired) electrons. The molecule has 2 rings (SSSR count). The molecule has 7 heteroatoms. The predicted octanol–water partition coefficient (Wildman–Crippen LogP) is 0.975. The number of nitrogens with zero attached hydrogens (tertiary/aromatic N) is 2. The first-order valence-corrected chi connectivity index (χ1v) is 8.92. The Morgan fingerprint density at radius 2 is 1.85 bits per heavy atom. The van der Waals surface area contributed by atoms with Crippen molar-refractivity contribution in [1.29, 1.82) is 0 Å². The molecule has 1 aliphatic rings. The van der Waals surface area contributed by atoms with Gasteiger partial charge in [0, 0.05) is 43.7 Å². The van der Waals surface area contributed by atoms with Gasteiger partial charge in [0.1, 0.15) is 0 Å². The lowest BCUT2D eigenvalue weighted by molar-refractivity contribution is 0.156. The van der Waals surface area contributed by atoms with Crippen LogP contribution in [0, 0.1) is 0 Å². The van der Waals surface area contributed by atoms with E-state index < -0.39 is 10.0 Å². The fourth-order valence-electron chi connectivity index (χ4n) is 2.15. The zero-order valence-electron chi connectivity index (χ0n) is 11.5. The molecule has 5 nitrogen and oxygen atoms in total. The van der Waals surface area contributed by atoms with Crippen LogP contribution in [0.5, 0.6) is 0 Å². The summed E-state index contributed by atoms with van der Waals surface area (Å²) in [6.07, 6.45) is 0. The van der Waals surface area contributed by atoms with E-state index in [1.54, 1.807) is 24.3 Å². The van der Waals surface area contributed by atoms with Crippen LogP contribution in [0.25, 0.3) is 0 Å². The van der Waals surface area contributed by atoms with Gasteiger partial charge in [0.15, 0.2) is 0 Å². The number of halogens is 1. The van der Waals surface area contributed by atoms with Crippen LogP contribution in [0.3, 0.4) is 0 Å². The Labute approximate surface area is 129 Å². The molecule has 0 bridgehead atoms. The second kappa shape index (κ2) is 7.00. The van der Waals surface area contributed by atoms with Crippen LogP contribution >= 0.6 is 15.9 Å². The SMILES string of the molecule is CN1CCN(CCNS(=O)(=O)c2ccccc2Br)CC1. The zero-order valence-corrected chi connectivity index (χ0v) is 14.0. The van der Waals surface area contributed by atoms with Crippen molar-refractivity contribution in [3.63, 3.8) is 0 Å². The molecule has 0 saturated carbocycles. The molecule has 1 aliphatic heterocycles. The molecule has 0 aromatic heterocycles. The van der Waals surface area contributed by atoms with Gasteiger partial charge in [-0.05, 0) is 35.1 Å². The standard InChI is InChI=1S/C13H20BrN3O2S/c1-16-8-10-17(11-9-16)7-6-15-20(18,19)13-5-3-2-4-12(13)14/h2-5,15H,6-11H2,1H3. The van der Waals surface area contributed by atoms with E-state index in [1.165, 1.54) is 0 Å². The van der Waals surface area contributed by atoms with E-state index in [-0.39, 0.29) is 0 Å². The summed E-state index contributed by atoms with van der Waals surface area (Å²) in [5.74, 6) is 0. The number of rotatable bonds is 5. The Hall–Kier alpha value is -0.470. The maximum absolute atomic E-state index is 12.2. The van der Waals surface area contributed by atoms with Crippen LogP contribution in [-0.4, -0.2) is 64.5 Å². The van der Waals surface area contributed by atoms with Crippen LogP contribution in [0.2, 0.25) is 0 Å². The third-order valence-electron chi connectivity index (χ3n) is 3.44. The van der Waals surface area contributed by atoms with Crippen molar-refractivity contribution < 1.29 is 8.42 Å². The fraction of sp³-hybridized carbons (Fsp3) is 0.538. The van der Waals surface area contributed by atoms with Gasteiger partial charge in [-0.15, -0.1) is 0 Å². The summed E-state index contributed by atoms with van der Waals surface area (Å²) in [7, 11) is -1.33. The Morgan fingerprint density at radius 3 is 2.50 bits per heavy atom. The van der Waals surface area contributed by atoms with Gasteiger partial charge in [0.2, 0.25) is 10.0 Å². The fourth-order valence-corrected chi connectivity index (χ4v) is 4.17. The monoisotopic (exact) mass is 361 g/mol. The highest BCUT2D eigenvalue weighted by molar-refractivity contribution is 9.10. The number of benzene rings is 1. The third-order valence-corrected chi connectivity index (χ3v) is 5.92. The largest absolute Gasteiger partial charge is 0.304 e. The van der Waals surface area contributed by atoms with Crippen molar-refractivity contribution in [3.05, 3.63) is 28.7 Å². The maximum atomic E-state index is 12.2. The summed E-state index contributed by atoms with van der Waals surface area (Å²) in [6, 6.07) is 6.85. The van der Waals surface area contributed by atoms with Gasteiger partial charge in [-0.1, -0.05) is 12.1 Å². The van der Waals surface area contributed by atoms with Crippen molar-refractivity contribution in [3.8, 4) is 0 Å². The van der Waals surface area contributed by atoms with E-state index in [0.29, 0.717) is 15.9 Å². The summed E-state index contributed by atoms with van der Waals surface area (Å²) in [4.78, 5) is 4.85. The average molecular weight is 362 g/mol. The topological polar surface area (TPSA) is 52.6 Å². The lowest BCUT2D eigenvalue weighted by Gasteiger charge is -2.32. The highest BCUT2D eigenvalue weighted by Crippen LogP contribution is 2.20. The minimum Gasteiger partial charge on any atom is -0.304 e. The highest BCUT2D eigenvalue weighted by Gasteiger charge is 2.18. The van der Waals surface area contributed by atoms with E-state index in [1.807, 2.05) is 0 Å². The minimum absolute atomic E-state index is 0.290. The number of nitrogens with one attached hydrogen (secondary N) is 1. The van der Waals surface area contributed by atoms with Crippen molar-refractivity contribution in [2.45, 2.75) is 4.90 Å². The Morgan fingerprint density at radius 1 is 1.20 bits per heavy atom. The molecular formula is C13H20BrN3O2S. The van der Waals surface area contributed by atoms with Crippen molar-refractivity contribution in [1.82, 2.24) is 14.5 Å². The number of piperazine rings is 1. The summed E-state index contributed by atoms with van der Waals surface area (Å²) in [5.41, 5.74) is 0. The number of sulfonamides is 1. The quantitative estimate of drug-likeness (QED) is 0.849. The molecule has 20 heavy (non-hydrogen) atoms. The lowest BCUT2D eigenvalue weighted by atomic mass is 10.3. The normalized spacial score (nSPS) is 18.3. The van der Waals surface area contributed by atoms with Crippen molar-refractivity contribution >= 4 is 26.0 Å². The van der Waals surface area contributed by atoms with E-state index >= 15 is 0 Å². The highest BCUT2D eigenvalue weighted by atomic mass is 79.9. The van der Waals surface area contributed by atoms with E-state index in [4.69, 9.17) is 0 Å². The first-order chi connectivity index (χ1) is 9.49. The molecule has 0 atom stereocenters. The van der Waals surface area contributed by atoms with Crippen LogP contribution in [0.15, 0.2) is 33.6 Å². The van der Waals surface area contributed by atoms with Crippen molar-refractivity contribution in [2.24, 2.45) is 0 Å². The molecule has 1 fully saturated rings. The average Bonchev–Trinajstić information content (AvgIpc) is 2.41. The molecule has 1 aromatic rings. The van der Waals surface area contributed by atoms with Gasteiger partial charge in [-0.3, -0.25) is 4.90 Å². The Kier molecular flexibility index (Phi) is 5.57. The number of hydrogen-bond acceptors (Lipinski definition) is 4. The van der Waals surface area contributed by atoms with Crippen molar-refractivity contribution in [2.75, 3.05) is 46.3 Å². The minimum atomic E-state index is -3.44.